The first-order valence-corrected chi connectivity index (χ1v) is 8.71. The van der Waals surface area contributed by atoms with E-state index >= 15 is 0 Å². The molecule has 3 rings (SSSR count). The van der Waals surface area contributed by atoms with Gasteiger partial charge in [-0.3, -0.25) is 10.0 Å². The maximum Gasteiger partial charge on any atom is 0.321 e. The minimum Gasteiger partial charge on any atom is -0.361 e. The average Bonchev–Trinajstić information content (AvgIpc) is 3.10. The van der Waals surface area contributed by atoms with Gasteiger partial charge < -0.3 is 15.2 Å². The molecular weight excluding hydrogens is 320 g/mol. The van der Waals surface area contributed by atoms with Gasteiger partial charge in [0.05, 0.1) is 0 Å². The van der Waals surface area contributed by atoms with E-state index in [2.05, 4.69) is 10.3 Å². The number of hydrogen-bond donors (Lipinski definition) is 4. The molecule has 1 aliphatic heterocycles. The molecule has 134 valence electrons. The van der Waals surface area contributed by atoms with E-state index in [4.69, 9.17) is 5.21 Å². The Morgan fingerprint density at radius 2 is 2.04 bits per heavy atom. The van der Waals surface area contributed by atoms with Gasteiger partial charge in [-0.1, -0.05) is 0 Å². The molecule has 0 saturated carbocycles. The zero-order chi connectivity index (χ0) is 17.6. The number of nitrogens with zero attached hydrogens (tertiary/aromatic N) is 1. The molecule has 2 heterocycles. The predicted octanol–water partition coefficient (Wildman–Crippen LogP) is 3.09. The van der Waals surface area contributed by atoms with Crippen LogP contribution in [0.1, 0.15) is 32.1 Å². The second kappa shape index (κ2) is 8.02. The molecule has 1 aromatic carbocycles. The predicted molar refractivity (Wildman–Crippen MR) is 95.4 cm³/mol. The third-order valence-corrected chi connectivity index (χ3v) is 4.85. The lowest BCUT2D eigenvalue weighted by atomic mass is 9.91. The first-order chi connectivity index (χ1) is 12.2. The number of H-pyrrole nitrogens is 1. The van der Waals surface area contributed by atoms with E-state index in [9.17, 15) is 9.59 Å². The molecule has 1 aliphatic rings. The summed E-state index contributed by atoms with van der Waals surface area (Å²) in [5.74, 6) is 0.197. The van der Waals surface area contributed by atoms with Crippen LogP contribution >= 0.6 is 0 Å². The van der Waals surface area contributed by atoms with Gasteiger partial charge in [0, 0.05) is 42.3 Å². The van der Waals surface area contributed by atoms with E-state index in [0.717, 1.165) is 55.4 Å². The molecule has 7 nitrogen and oxygen atoms in total. The second-order valence-corrected chi connectivity index (χ2v) is 6.57. The van der Waals surface area contributed by atoms with Crippen molar-refractivity contribution in [3.05, 3.63) is 30.5 Å². The van der Waals surface area contributed by atoms with E-state index in [1.807, 2.05) is 35.4 Å². The van der Waals surface area contributed by atoms with E-state index in [-0.39, 0.29) is 11.9 Å². The number of amides is 3. The molecule has 0 aliphatic carbocycles. The first-order valence-electron chi connectivity index (χ1n) is 8.71. The van der Waals surface area contributed by atoms with Crippen molar-refractivity contribution in [1.82, 2.24) is 15.4 Å². The normalized spacial score (nSPS) is 15.3. The number of anilines is 1. The number of carbonyl (C=O) groups excluding carboxylic acids is 2. The van der Waals surface area contributed by atoms with Crippen molar-refractivity contribution in [2.24, 2.45) is 5.92 Å². The Bertz CT molecular complexity index is 735. The summed E-state index contributed by atoms with van der Waals surface area (Å²) in [6, 6.07) is 7.74. The highest BCUT2D eigenvalue weighted by Gasteiger charge is 2.22. The Kier molecular flexibility index (Phi) is 5.55. The number of hydroxylamine groups is 1. The topological polar surface area (TPSA) is 97.5 Å². The minimum atomic E-state index is -0.337. The molecule has 4 N–H and O–H groups in total. The third-order valence-electron chi connectivity index (χ3n) is 4.85. The van der Waals surface area contributed by atoms with Crippen molar-refractivity contribution in [3.63, 3.8) is 0 Å². The van der Waals surface area contributed by atoms with Crippen LogP contribution in [-0.2, 0) is 4.79 Å². The number of carbonyl (C=O) groups is 2. The Labute approximate surface area is 146 Å². The summed E-state index contributed by atoms with van der Waals surface area (Å²) in [6.07, 6.45) is 5.84. The highest BCUT2D eigenvalue weighted by atomic mass is 16.5. The van der Waals surface area contributed by atoms with Gasteiger partial charge >= 0.3 is 6.03 Å². The molecule has 0 spiro atoms. The quantitative estimate of drug-likeness (QED) is 0.495. The summed E-state index contributed by atoms with van der Waals surface area (Å²) >= 11 is 0. The Balaban J connectivity index is 1.44. The summed E-state index contributed by atoms with van der Waals surface area (Å²) in [6.45, 7) is 1.46. The van der Waals surface area contributed by atoms with Gasteiger partial charge in [0.15, 0.2) is 0 Å². The van der Waals surface area contributed by atoms with Gasteiger partial charge in [-0.25, -0.2) is 10.3 Å². The molecule has 7 heteroatoms. The van der Waals surface area contributed by atoms with Crippen molar-refractivity contribution in [1.29, 1.82) is 0 Å². The highest BCUT2D eigenvalue weighted by molar-refractivity contribution is 5.92. The fourth-order valence-electron chi connectivity index (χ4n) is 3.37. The van der Waals surface area contributed by atoms with Gasteiger partial charge in [0.1, 0.15) is 0 Å². The number of piperidine rings is 1. The summed E-state index contributed by atoms with van der Waals surface area (Å²) < 4.78 is 0. The number of nitrogens with one attached hydrogen (secondary N) is 3. The molecule has 0 radical (unpaired) electrons. The monoisotopic (exact) mass is 344 g/mol. The number of fused-ring (bicyclic) bond motifs is 1. The van der Waals surface area contributed by atoms with Gasteiger partial charge in [0.2, 0.25) is 5.91 Å². The third kappa shape index (κ3) is 4.51. The van der Waals surface area contributed by atoms with E-state index in [1.165, 1.54) is 0 Å². The lowest BCUT2D eigenvalue weighted by molar-refractivity contribution is -0.129. The molecule has 0 atom stereocenters. The van der Waals surface area contributed by atoms with Gasteiger partial charge in [-0.15, -0.1) is 0 Å². The summed E-state index contributed by atoms with van der Waals surface area (Å²) in [4.78, 5) is 28.4. The summed E-state index contributed by atoms with van der Waals surface area (Å²) in [5, 5.41) is 12.5. The zero-order valence-electron chi connectivity index (χ0n) is 14.1. The van der Waals surface area contributed by atoms with E-state index < -0.39 is 0 Å². The first kappa shape index (κ1) is 17.3. The molecule has 25 heavy (non-hydrogen) atoms. The standard InChI is InChI=1S/C18H24N4O3/c23-17(21-25)3-1-2-13-7-10-22(11-8-13)18(24)20-15-4-5-16-14(12-15)6-9-19-16/h4-6,9,12-13,19,25H,1-3,7-8,10-11H2,(H,20,24)(H,21,23). The smallest absolute Gasteiger partial charge is 0.321 e. The van der Waals surface area contributed by atoms with Crippen LogP contribution in [-0.4, -0.2) is 40.1 Å². The van der Waals surface area contributed by atoms with E-state index in [0.29, 0.717) is 12.3 Å². The van der Waals surface area contributed by atoms with Crippen LogP contribution in [0.15, 0.2) is 30.5 Å². The average molecular weight is 344 g/mol. The van der Waals surface area contributed by atoms with E-state index in [1.54, 1.807) is 5.48 Å². The molecule has 0 bridgehead atoms. The molecule has 2 aromatic rings. The number of hydrogen-bond acceptors (Lipinski definition) is 3. The van der Waals surface area contributed by atoms with Crippen LogP contribution < -0.4 is 10.8 Å². The van der Waals surface area contributed by atoms with Crippen LogP contribution in [0.5, 0.6) is 0 Å². The number of rotatable bonds is 5. The number of benzene rings is 1. The maximum atomic E-state index is 12.4. The molecule has 1 fully saturated rings. The second-order valence-electron chi connectivity index (χ2n) is 6.57. The SMILES string of the molecule is O=C(CCCC1CCN(C(=O)Nc2ccc3[nH]ccc3c2)CC1)NO. The lowest BCUT2D eigenvalue weighted by Gasteiger charge is -2.32. The zero-order valence-corrected chi connectivity index (χ0v) is 14.1. The fraction of sp³-hybridized carbons (Fsp3) is 0.444. The molecule has 1 saturated heterocycles. The molecule has 1 aromatic heterocycles. The molecule has 0 unspecified atom stereocenters. The minimum absolute atomic E-state index is 0.0620. The van der Waals surface area contributed by atoms with Crippen LogP contribution in [0.2, 0.25) is 0 Å². The van der Waals surface area contributed by atoms with Crippen molar-refractivity contribution < 1.29 is 14.8 Å². The van der Waals surface area contributed by atoms with Crippen molar-refractivity contribution in [2.45, 2.75) is 32.1 Å². The Morgan fingerprint density at radius 3 is 2.80 bits per heavy atom. The van der Waals surface area contributed by atoms with Crippen LogP contribution in [0.3, 0.4) is 0 Å². The summed E-state index contributed by atoms with van der Waals surface area (Å²) in [5.41, 5.74) is 3.51. The van der Waals surface area contributed by atoms with Gasteiger partial charge in [0.25, 0.3) is 0 Å². The highest BCUT2D eigenvalue weighted by Crippen LogP contribution is 2.24. The number of urea groups is 1. The number of aromatic amines is 1. The van der Waals surface area contributed by atoms with Gasteiger partial charge in [-0.05, 0) is 55.9 Å². The summed E-state index contributed by atoms with van der Waals surface area (Å²) in [7, 11) is 0. The van der Waals surface area contributed by atoms with Crippen LogP contribution in [0, 0.1) is 5.92 Å². The maximum absolute atomic E-state index is 12.4. The Morgan fingerprint density at radius 1 is 1.24 bits per heavy atom. The van der Waals surface area contributed by atoms with Gasteiger partial charge in [-0.2, -0.15) is 0 Å². The molecular formula is C18H24N4O3. The van der Waals surface area contributed by atoms with Crippen molar-refractivity contribution in [3.8, 4) is 0 Å². The van der Waals surface area contributed by atoms with Crippen molar-refractivity contribution in [2.75, 3.05) is 18.4 Å². The molecule has 3 amide bonds. The Hall–Kier alpha value is -2.54. The van der Waals surface area contributed by atoms with Crippen molar-refractivity contribution >= 4 is 28.5 Å². The van der Waals surface area contributed by atoms with Crippen LogP contribution in [0.25, 0.3) is 10.9 Å². The lowest BCUT2D eigenvalue weighted by Crippen LogP contribution is -2.41. The number of likely N-dealkylation sites (tertiary alicyclic amines) is 1. The largest absolute Gasteiger partial charge is 0.361 e. The van der Waals surface area contributed by atoms with Crippen LogP contribution in [0.4, 0.5) is 10.5 Å². The number of aromatic nitrogens is 1. The fourth-order valence-corrected chi connectivity index (χ4v) is 3.37.